The highest BCUT2D eigenvalue weighted by molar-refractivity contribution is 4.57. The van der Waals surface area contributed by atoms with Gasteiger partial charge < -0.3 is 35.8 Å². The maximum absolute atomic E-state index is 6.23. The fourth-order valence-electron chi connectivity index (χ4n) is 5.94. The summed E-state index contributed by atoms with van der Waals surface area (Å²) in [4.78, 5) is 0. The van der Waals surface area contributed by atoms with Gasteiger partial charge in [-0.05, 0) is 12.8 Å². The first-order valence-corrected chi connectivity index (χ1v) is 20.6. The topological polar surface area (TPSA) is 36.9 Å². The lowest BCUT2D eigenvalue weighted by Gasteiger charge is -2.23. The van der Waals surface area contributed by atoms with Crippen molar-refractivity contribution in [3.05, 3.63) is 0 Å². The molecule has 0 aliphatic heterocycles. The molecule has 0 saturated heterocycles. The van der Waals surface area contributed by atoms with Gasteiger partial charge in [0.15, 0.2) is 0 Å². The highest BCUT2D eigenvalue weighted by atomic mass is 35.5. The fourth-order valence-corrected chi connectivity index (χ4v) is 5.94. The molecular formula is C41H86ClNO4. The van der Waals surface area contributed by atoms with Crippen LogP contribution in [0, 0.1) is 0 Å². The Morgan fingerprint density at radius 2 is 0.723 bits per heavy atom. The second-order valence-electron chi connectivity index (χ2n) is 15.2. The number of unbranched alkanes of at least 4 members (excludes halogenated alkanes) is 26. The Labute approximate surface area is 302 Å². The molecule has 0 spiro atoms. The minimum absolute atomic E-state index is 0. The van der Waals surface area contributed by atoms with Gasteiger partial charge in [0.05, 0.1) is 41.0 Å². The molecule has 0 aliphatic carbocycles. The summed E-state index contributed by atoms with van der Waals surface area (Å²) in [5.74, 6) is 0. The van der Waals surface area contributed by atoms with Gasteiger partial charge in [-0.3, -0.25) is 0 Å². The van der Waals surface area contributed by atoms with E-state index in [2.05, 4.69) is 35.0 Å². The predicted octanol–water partition coefficient (Wildman–Crippen LogP) is 9.05. The van der Waals surface area contributed by atoms with Gasteiger partial charge in [-0.15, -0.1) is 0 Å². The SMILES string of the molecule is CCCCCCCCCCCCCCCCOCC(COCOCC[N+](C)(C)C)OCCCCCCCCCCCCCCCC.[Cl-]. The minimum Gasteiger partial charge on any atom is -1.00 e. The van der Waals surface area contributed by atoms with Gasteiger partial charge in [0.1, 0.15) is 19.4 Å². The summed E-state index contributed by atoms with van der Waals surface area (Å²) in [6, 6.07) is 0. The van der Waals surface area contributed by atoms with Crippen LogP contribution in [0.3, 0.4) is 0 Å². The van der Waals surface area contributed by atoms with Crippen molar-refractivity contribution in [2.24, 2.45) is 0 Å². The first-order valence-electron chi connectivity index (χ1n) is 20.6. The summed E-state index contributed by atoms with van der Waals surface area (Å²) >= 11 is 0. The zero-order valence-electron chi connectivity index (χ0n) is 32.8. The lowest BCUT2D eigenvalue weighted by Crippen LogP contribution is -3.00. The van der Waals surface area contributed by atoms with Crippen molar-refractivity contribution in [3.63, 3.8) is 0 Å². The van der Waals surface area contributed by atoms with Gasteiger partial charge in [-0.2, -0.15) is 0 Å². The Morgan fingerprint density at radius 1 is 0.383 bits per heavy atom. The molecule has 0 heterocycles. The third-order valence-corrected chi connectivity index (χ3v) is 9.17. The van der Waals surface area contributed by atoms with Crippen LogP contribution in [0.1, 0.15) is 194 Å². The zero-order valence-corrected chi connectivity index (χ0v) is 33.5. The number of rotatable bonds is 40. The van der Waals surface area contributed by atoms with E-state index in [1.807, 2.05) is 0 Å². The maximum Gasteiger partial charge on any atom is 0.147 e. The van der Waals surface area contributed by atoms with Gasteiger partial charge in [-0.1, -0.05) is 181 Å². The van der Waals surface area contributed by atoms with E-state index < -0.39 is 0 Å². The zero-order chi connectivity index (χ0) is 33.7. The summed E-state index contributed by atoms with van der Waals surface area (Å²) in [5, 5.41) is 0. The quantitative estimate of drug-likeness (QED) is 0.0365. The van der Waals surface area contributed by atoms with E-state index in [1.54, 1.807) is 0 Å². The molecule has 286 valence electrons. The number of hydrogen-bond donors (Lipinski definition) is 0. The lowest BCUT2D eigenvalue weighted by atomic mass is 10.0. The summed E-state index contributed by atoms with van der Waals surface area (Å²) in [5.41, 5.74) is 0. The second-order valence-corrected chi connectivity index (χ2v) is 15.2. The number of hydrogen-bond acceptors (Lipinski definition) is 4. The average molecular weight is 693 g/mol. The van der Waals surface area contributed by atoms with Crippen LogP contribution in [-0.2, 0) is 18.9 Å². The summed E-state index contributed by atoms with van der Waals surface area (Å²) in [7, 11) is 6.54. The Kier molecular flexibility index (Phi) is 42.4. The van der Waals surface area contributed by atoms with Crippen LogP contribution in [0.4, 0.5) is 0 Å². The first-order chi connectivity index (χ1) is 22.5. The molecule has 0 rings (SSSR count). The largest absolute Gasteiger partial charge is 1.00 e. The van der Waals surface area contributed by atoms with Crippen LogP contribution in [-0.4, -0.2) is 78.1 Å². The molecule has 47 heavy (non-hydrogen) atoms. The van der Waals surface area contributed by atoms with Crippen molar-refractivity contribution in [2.75, 3.05) is 67.5 Å². The van der Waals surface area contributed by atoms with E-state index in [9.17, 15) is 0 Å². The Morgan fingerprint density at radius 3 is 1.11 bits per heavy atom. The third kappa shape index (κ3) is 44.1. The molecular weight excluding hydrogens is 606 g/mol. The van der Waals surface area contributed by atoms with Crippen molar-refractivity contribution >= 4 is 0 Å². The van der Waals surface area contributed by atoms with Crippen molar-refractivity contribution in [1.82, 2.24) is 0 Å². The van der Waals surface area contributed by atoms with Crippen LogP contribution >= 0.6 is 0 Å². The molecule has 1 unspecified atom stereocenters. The number of ether oxygens (including phenoxy) is 4. The van der Waals surface area contributed by atoms with Gasteiger partial charge in [0, 0.05) is 13.2 Å². The molecule has 0 aliphatic rings. The van der Waals surface area contributed by atoms with E-state index in [0.29, 0.717) is 26.6 Å². The van der Waals surface area contributed by atoms with E-state index in [4.69, 9.17) is 18.9 Å². The lowest BCUT2D eigenvalue weighted by molar-refractivity contribution is -0.870. The molecule has 0 fully saturated rings. The molecule has 0 saturated carbocycles. The normalized spacial score (nSPS) is 12.4. The van der Waals surface area contributed by atoms with Crippen molar-refractivity contribution in [2.45, 2.75) is 200 Å². The highest BCUT2D eigenvalue weighted by Crippen LogP contribution is 2.14. The highest BCUT2D eigenvalue weighted by Gasteiger charge is 2.11. The number of halogens is 1. The third-order valence-electron chi connectivity index (χ3n) is 9.17. The molecule has 0 aromatic rings. The summed E-state index contributed by atoms with van der Waals surface area (Å²) < 4.78 is 24.7. The number of likely N-dealkylation sites (N-methyl/N-ethyl adjacent to an activating group) is 1. The van der Waals surface area contributed by atoms with Crippen LogP contribution in [0.15, 0.2) is 0 Å². The van der Waals surface area contributed by atoms with Crippen LogP contribution in [0.25, 0.3) is 0 Å². The van der Waals surface area contributed by atoms with Gasteiger partial charge >= 0.3 is 0 Å². The summed E-state index contributed by atoms with van der Waals surface area (Å²) in [6.07, 6.45) is 38.7. The number of quaternary nitrogens is 1. The first kappa shape index (κ1) is 49.2. The van der Waals surface area contributed by atoms with Crippen LogP contribution in [0.2, 0.25) is 0 Å². The van der Waals surface area contributed by atoms with Gasteiger partial charge in [-0.25, -0.2) is 0 Å². The number of nitrogens with zero attached hydrogens (tertiary/aromatic N) is 1. The molecule has 0 N–H and O–H groups in total. The van der Waals surface area contributed by atoms with Gasteiger partial charge in [0.2, 0.25) is 0 Å². The second kappa shape index (κ2) is 40.5. The fraction of sp³-hybridized carbons (Fsp3) is 1.00. The molecule has 1 atom stereocenters. The van der Waals surface area contributed by atoms with E-state index >= 15 is 0 Å². The van der Waals surface area contributed by atoms with Crippen molar-refractivity contribution < 1.29 is 35.8 Å². The molecule has 5 nitrogen and oxygen atoms in total. The maximum atomic E-state index is 6.23. The molecule has 0 bridgehead atoms. The van der Waals surface area contributed by atoms with Crippen LogP contribution < -0.4 is 12.4 Å². The van der Waals surface area contributed by atoms with Crippen LogP contribution in [0.5, 0.6) is 0 Å². The monoisotopic (exact) mass is 692 g/mol. The Balaban J connectivity index is 0. The standard InChI is InChI=1S/C41H86NO4.ClH/c1-6-8-10-12-14-16-18-20-22-24-26-28-30-32-35-43-38-41(39-45-40-44-37-34-42(3,4)5)46-36-33-31-29-27-25-23-21-19-17-15-13-11-9-7-2;/h41H,6-40H2,1-5H3;1H/q+1;/p-1. The van der Waals surface area contributed by atoms with Crippen molar-refractivity contribution in [1.29, 1.82) is 0 Å². The molecule has 0 aromatic carbocycles. The van der Waals surface area contributed by atoms with E-state index in [-0.39, 0.29) is 18.5 Å². The molecule has 0 aromatic heterocycles. The van der Waals surface area contributed by atoms with Crippen molar-refractivity contribution in [3.8, 4) is 0 Å². The molecule has 0 radical (unpaired) electrons. The van der Waals surface area contributed by atoms with Gasteiger partial charge in [0.25, 0.3) is 0 Å². The van der Waals surface area contributed by atoms with E-state index in [1.165, 1.54) is 167 Å². The average Bonchev–Trinajstić information content (AvgIpc) is 3.03. The Bertz CT molecular complexity index is 560. The van der Waals surface area contributed by atoms with E-state index in [0.717, 1.165) is 37.1 Å². The molecule has 0 amide bonds. The molecule has 6 heteroatoms. The predicted molar refractivity (Wildman–Crippen MR) is 201 cm³/mol. The Hall–Kier alpha value is 0.0900. The summed E-state index contributed by atoms with van der Waals surface area (Å²) in [6.45, 7) is 9.41. The smallest absolute Gasteiger partial charge is 0.147 e. The minimum atomic E-state index is -0.00406.